The molecule has 0 amide bonds. The summed E-state index contributed by atoms with van der Waals surface area (Å²) in [6.45, 7) is 3.69. The summed E-state index contributed by atoms with van der Waals surface area (Å²) < 4.78 is 0. The number of hydrogen-bond donors (Lipinski definition) is 1. The van der Waals surface area contributed by atoms with Gasteiger partial charge in [-0.3, -0.25) is 4.79 Å². The Hall–Kier alpha value is -1.83. The third-order valence-electron chi connectivity index (χ3n) is 2.42. The molecule has 0 atom stereocenters. The van der Waals surface area contributed by atoms with Crippen LogP contribution in [0.25, 0.3) is 0 Å². The van der Waals surface area contributed by atoms with E-state index in [-0.39, 0.29) is 11.7 Å². The highest BCUT2D eigenvalue weighted by Gasteiger charge is 2.08. The SMILES string of the molecule is CC(C)C(=O)/C(N)=C/C=C/Cc1ccccc1. The molecule has 2 nitrogen and oxygen atoms in total. The second kappa shape index (κ2) is 6.69. The summed E-state index contributed by atoms with van der Waals surface area (Å²) in [5, 5.41) is 0. The number of allylic oxidation sites excluding steroid dienone is 4. The van der Waals surface area contributed by atoms with Crippen molar-refractivity contribution in [1.82, 2.24) is 0 Å². The number of carbonyl (C=O) groups excluding carboxylic acids is 1. The standard InChI is InChI=1S/C15H19NO/c1-12(2)15(17)14(16)11-7-6-10-13-8-4-3-5-9-13/h3-9,11-12H,10,16H2,1-2H3/b7-6+,14-11-. The van der Waals surface area contributed by atoms with Crippen LogP contribution in [-0.4, -0.2) is 5.78 Å². The number of benzene rings is 1. The van der Waals surface area contributed by atoms with Crippen molar-refractivity contribution in [3.8, 4) is 0 Å². The van der Waals surface area contributed by atoms with Crippen LogP contribution in [0.1, 0.15) is 19.4 Å². The highest BCUT2D eigenvalue weighted by molar-refractivity contribution is 5.95. The number of ketones is 1. The fraction of sp³-hybridized carbons (Fsp3) is 0.267. The molecule has 0 aliphatic carbocycles. The normalized spacial score (nSPS) is 12.3. The highest BCUT2D eigenvalue weighted by atomic mass is 16.1. The van der Waals surface area contributed by atoms with Crippen molar-refractivity contribution in [2.45, 2.75) is 20.3 Å². The largest absolute Gasteiger partial charge is 0.396 e. The lowest BCUT2D eigenvalue weighted by Gasteiger charge is -2.01. The van der Waals surface area contributed by atoms with E-state index in [0.717, 1.165) is 6.42 Å². The summed E-state index contributed by atoms with van der Waals surface area (Å²) in [6, 6.07) is 10.1. The van der Waals surface area contributed by atoms with E-state index < -0.39 is 0 Å². The second-order valence-electron chi connectivity index (χ2n) is 4.26. The van der Waals surface area contributed by atoms with Gasteiger partial charge in [-0.1, -0.05) is 56.3 Å². The Morgan fingerprint density at radius 1 is 1.29 bits per heavy atom. The molecule has 0 radical (unpaired) electrons. The molecule has 0 aromatic heterocycles. The predicted molar refractivity (Wildman–Crippen MR) is 71.4 cm³/mol. The maximum absolute atomic E-state index is 11.5. The Morgan fingerprint density at radius 2 is 1.94 bits per heavy atom. The monoisotopic (exact) mass is 229 g/mol. The molecule has 2 N–H and O–H groups in total. The van der Waals surface area contributed by atoms with Gasteiger partial charge in [-0.15, -0.1) is 0 Å². The number of nitrogens with two attached hydrogens (primary N) is 1. The molecule has 2 heteroatoms. The third kappa shape index (κ3) is 4.68. The van der Waals surface area contributed by atoms with Crippen molar-refractivity contribution in [2.24, 2.45) is 11.7 Å². The Morgan fingerprint density at radius 3 is 2.53 bits per heavy atom. The van der Waals surface area contributed by atoms with Crippen molar-refractivity contribution < 1.29 is 4.79 Å². The predicted octanol–water partition coefficient (Wildman–Crippen LogP) is 2.85. The van der Waals surface area contributed by atoms with Gasteiger partial charge in [0.1, 0.15) is 0 Å². The molecular weight excluding hydrogens is 210 g/mol. The zero-order chi connectivity index (χ0) is 12.7. The summed E-state index contributed by atoms with van der Waals surface area (Å²) >= 11 is 0. The number of Topliss-reactive ketones (excluding diaryl/α,β-unsaturated/α-hetero) is 1. The molecule has 0 aliphatic heterocycles. The van der Waals surface area contributed by atoms with Gasteiger partial charge < -0.3 is 5.73 Å². The van der Waals surface area contributed by atoms with Crippen molar-refractivity contribution in [2.75, 3.05) is 0 Å². The summed E-state index contributed by atoms with van der Waals surface area (Å²) in [4.78, 5) is 11.5. The number of hydrogen-bond acceptors (Lipinski definition) is 2. The van der Waals surface area contributed by atoms with E-state index >= 15 is 0 Å². The minimum absolute atomic E-state index is 0.00522. The molecule has 0 fully saturated rings. The summed E-state index contributed by atoms with van der Waals surface area (Å²) in [5.41, 5.74) is 7.22. The van der Waals surface area contributed by atoms with E-state index in [0.29, 0.717) is 5.70 Å². The first-order chi connectivity index (χ1) is 8.11. The van der Waals surface area contributed by atoms with Gasteiger partial charge in [-0.2, -0.15) is 0 Å². The minimum Gasteiger partial charge on any atom is -0.396 e. The Labute approximate surface area is 103 Å². The minimum atomic E-state index is -0.0474. The Kier molecular flexibility index (Phi) is 5.21. The molecule has 17 heavy (non-hydrogen) atoms. The van der Waals surface area contributed by atoms with Gasteiger partial charge in [0.15, 0.2) is 5.78 Å². The van der Waals surface area contributed by atoms with E-state index in [9.17, 15) is 4.79 Å². The van der Waals surface area contributed by atoms with E-state index in [1.807, 2.05) is 44.2 Å². The van der Waals surface area contributed by atoms with E-state index in [1.165, 1.54) is 5.56 Å². The average molecular weight is 229 g/mol. The van der Waals surface area contributed by atoms with Crippen LogP contribution in [0.5, 0.6) is 0 Å². The maximum Gasteiger partial charge on any atom is 0.180 e. The molecule has 0 saturated carbocycles. The molecule has 0 aliphatic rings. The molecule has 0 bridgehead atoms. The van der Waals surface area contributed by atoms with Gasteiger partial charge >= 0.3 is 0 Å². The van der Waals surface area contributed by atoms with Gasteiger partial charge in [-0.05, 0) is 18.1 Å². The molecule has 1 aromatic carbocycles. The van der Waals surface area contributed by atoms with Crippen LogP contribution in [0, 0.1) is 5.92 Å². The van der Waals surface area contributed by atoms with Gasteiger partial charge in [0, 0.05) is 5.92 Å². The zero-order valence-corrected chi connectivity index (χ0v) is 10.4. The van der Waals surface area contributed by atoms with Crippen molar-refractivity contribution in [3.05, 3.63) is 59.8 Å². The molecule has 1 rings (SSSR count). The molecule has 90 valence electrons. The fourth-order valence-electron chi connectivity index (χ4n) is 1.41. The highest BCUT2D eigenvalue weighted by Crippen LogP contribution is 2.02. The molecule has 1 aromatic rings. The van der Waals surface area contributed by atoms with Crippen LogP contribution in [-0.2, 0) is 11.2 Å². The lowest BCUT2D eigenvalue weighted by Crippen LogP contribution is -2.16. The van der Waals surface area contributed by atoms with E-state index in [2.05, 4.69) is 12.1 Å². The van der Waals surface area contributed by atoms with Gasteiger partial charge in [0.05, 0.1) is 5.70 Å². The quantitative estimate of drug-likeness (QED) is 0.623. The molecular formula is C15H19NO. The van der Waals surface area contributed by atoms with Crippen LogP contribution >= 0.6 is 0 Å². The average Bonchev–Trinajstić information content (AvgIpc) is 2.34. The van der Waals surface area contributed by atoms with Crippen LogP contribution in [0.15, 0.2) is 54.3 Å². The molecule has 0 spiro atoms. The first kappa shape index (κ1) is 13.2. The van der Waals surface area contributed by atoms with Crippen LogP contribution in [0.2, 0.25) is 0 Å². The smallest absolute Gasteiger partial charge is 0.180 e. The molecule has 0 saturated heterocycles. The lowest BCUT2D eigenvalue weighted by atomic mass is 10.1. The van der Waals surface area contributed by atoms with E-state index in [1.54, 1.807) is 6.08 Å². The first-order valence-electron chi connectivity index (χ1n) is 5.81. The number of carbonyl (C=O) groups is 1. The van der Waals surface area contributed by atoms with Crippen molar-refractivity contribution in [1.29, 1.82) is 0 Å². The summed E-state index contributed by atoms with van der Waals surface area (Å²) in [6.07, 6.45) is 6.35. The summed E-state index contributed by atoms with van der Waals surface area (Å²) in [7, 11) is 0. The van der Waals surface area contributed by atoms with Crippen molar-refractivity contribution >= 4 is 5.78 Å². The topological polar surface area (TPSA) is 43.1 Å². The number of rotatable bonds is 5. The van der Waals surface area contributed by atoms with Crippen LogP contribution in [0.3, 0.4) is 0 Å². The zero-order valence-electron chi connectivity index (χ0n) is 10.4. The molecule has 0 heterocycles. The Balaban J connectivity index is 2.50. The van der Waals surface area contributed by atoms with Gasteiger partial charge in [-0.25, -0.2) is 0 Å². The lowest BCUT2D eigenvalue weighted by molar-refractivity contribution is -0.118. The van der Waals surface area contributed by atoms with E-state index in [4.69, 9.17) is 5.73 Å². The third-order valence-corrected chi connectivity index (χ3v) is 2.42. The Bertz CT molecular complexity index is 416. The molecule has 0 unspecified atom stereocenters. The van der Waals surface area contributed by atoms with Crippen molar-refractivity contribution in [3.63, 3.8) is 0 Å². The van der Waals surface area contributed by atoms with Crippen LogP contribution in [0.4, 0.5) is 0 Å². The summed E-state index contributed by atoms with van der Waals surface area (Å²) in [5.74, 6) is -0.0527. The second-order valence-corrected chi connectivity index (χ2v) is 4.26. The van der Waals surface area contributed by atoms with Crippen LogP contribution < -0.4 is 5.73 Å². The van der Waals surface area contributed by atoms with Gasteiger partial charge in [0.2, 0.25) is 0 Å². The van der Waals surface area contributed by atoms with Gasteiger partial charge in [0.25, 0.3) is 0 Å². The maximum atomic E-state index is 11.5. The first-order valence-corrected chi connectivity index (χ1v) is 5.81. The fourth-order valence-corrected chi connectivity index (χ4v) is 1.41.